The third-order valence-corrected chi connectivity index (χ3v) is 4.98. The Hall–Kier alpha value is -1.06. The van der Waals surface area contributed by atoms with E-state index in [4.69, 9.17) is 0 Å². The van der Waals surface area contributed by atoms with Crippen molar-refractivity contribution in [3.8, 4) is 0 Å². The van der Waals surface area contributed by atoms with Gasteiger partial charge in [-0.05, 0) is 25.7 Å². The van der Waals surface area contributed by atoms with E-state index in [-0.39, 0.29) is 0 Å². The molecule has 0 radical (unpaired) electrons. The Bertz CT molecular complexity index is 380. The van der Waals surface area contributed by atoms with Gasteiger partial charge in [0.2, 0.25) is 0 Å². The summed E-state index contributed by atoms with van der Waals surface area (Å²) >= 11 is 0. The van der Waals surface area contributed by atoms with E-state index < -0.39 is 5.97 Å². The molecule has 0 aromatic carbocycles. The van der Waals surface area contributed by atoms with Crippen LogP contribution in [0.3, 0.4) is 0 Å². The van der Waals surface area contributed by atoms with Crippen molar-refractivity contribution in [2.24, 2.45) is 0 Å². The first-order valence-electron chi connectivity index (χ1n) is 10.3. The van der Waals surface area contributed by atoms with Gasteiger partial charge in [0.15, 0.2) is 5.97 Å². The molecular formula is C20H38N2O2. The van der Waals surface area contributed by atoms with E-state index in [2.05, 4.69) is 13.8 Å². The van der Waals surface area contributed by atoms with Gasteiger partial charge >= 0.3 is 0 Å². The summed E-state index contributed by atoms with van der Waals surface area (Å²) in [6.07, 6.45) is 14.9. The molecule has 0 fully saturated rings. The fourth-order valence-corrected chi connectivity index (χ4v) is 3.51. The number of carbonyl (C=O) groups excluding carboxylic acids is 1. The highest BCUT2D eigenvalue weighted by molar-refractivity contribution is 6.31. The Morgan fingerprint density at radius 2 is 1.46 bits per heavy atom. The molecule has 0 spiro atoms. The Morgan fingerprint density at radius 3 is 2.04 bits per heavy atom. The summed E-state index contributed by atoms with van der Waals surface area (Å²) in [5.41, 5.74) is 0. The van der Waals surface area contributed by atoms with E-state index in [1.165, 1.54) is 64.2 Å². The summed E-state index contributed by atoms with van der Waals surface area (Å²) in [4.78, 5) is 13.6. The molecule has 0 saturated carbocycles. The summed E-state index contributed by atoms with van der Waals surface area (Å²) in [6.45, 7) is 7.86. The van der Waals surface area contributed by atoms with Crippen LogP contribution in [0.4, 0.5) is 0 Å². The Labute approximate surface area is 148 Å². The van der Waals surface area contributed by atoms with Crippen LogP contribution >= 0.6 is 0 Å². The molecule has 0 unspecified atom stereocenters. The molecule has 0 bridgehead atoms. The minimum atomic E-state index is -0.996. The van der Waals surface area contributed by atoms with Crippen LogP contribution in [-0.2, 0) is 4.79 Å². The van der Waals surface area contributed by atoms with Gasteiger partial charge in [0, 0.05) is 0 Å². The molecular weight excluding hydrogens is 300 g/mol. The predicted octanol–water partition coefficient (Wildman–Crippen LogP) is 3.18. The maximum absolute atomic E-state index is 11.5. The molecule has 0 aliphatic carbocycles. The minimum absolute atomic E-state index is 0.442. The standard InChI is InChI=1S/C20H38N2O2/c1-3-5-7-9-11-13-15-21-17-18-22(19(21)20(23)24)16-14-12-10-8-6-4-2/h3-18H2,1-2H3. The molecule has 1 aliphatic rings. The van der Waals surface area contributed by atoms with Gasteiger partial charge in [-0.3, -0.25) is 9.48 Å². The van der Waals surface area contributed by atoms with Gasteiger partial charge in [-0.1, -0.05) is 65.2 Å². The lowest BCUT2D eigenvalue weighted by molar-refractivity contribution is -0.519. The summed E-state index contributed by atoms with van der Waals surface area (Å²) < 4.78 is 2.03. The maximum atomic E-state index is 11.5. The van der Waals surface area contributed by atoms with Crippen LogP contribution in [0, 0.1) is 0 Å². The summed E-state index contributed by atoms with van der Waals surface area (Å²) in [6, 6.07) is 0. The van der Waals surface area contributed by atoms with E-state index in [0.717, 1.165) is 39.0 Å². The van der Waals surface area contributed by atoms with Crippen molar-refractivity contribution in [3.63, 3.8) is 0 Å². The number of unbranched alkanes of at least 4 members (excludes halogenated alkanes) is 10. The van der Waals surface area contributed by atoms with Crippen molar-refractivity contribution in [2.75, 3.05) is 26.2 Å². The second kappa shape index (κ2) is 13.3. The zero-order valence-corrected chi connectivity index (χ0v) is 16.0. The van der Waals surface area contributed by atoms with Gasteiger partial charge in [0.25, 0.3) is 5.84 Å². The molecule has 1 aliphatic heterocycles. The van der Waals surface area contributed by atoms with Crippen LogP contribution in [0.5, 0.6) is 0 Å². The maximum Gasteiger partial charge on any atom is 0.295 e. The van der Waals surface area contributed by atoms with E-state index in [1.807, 2.05) is 9.48 Å². The van der Waals surface area contributed by atoms with Crippen LogP contribution in [0.2, 0.25) is 0 Å². The van der Waals surface area contributed by atoms with Crippen molar-refractivity contribution in [2.45, 2.75) is 90.9 Å². The van der Waals surface area contributed by atoms with Crippen LogP contribution in [0.1, 0.15) is 90.9 Å². The molecule has 1 rings (SSSR count). The third-order valence-electron chi connectivity index (χ3n) is 4.98. The normalized spacial score (nSPS) is 14.7. The SMILES string of the molecule is CCCCCCCCN1CC[N+](CCCCCCCC)=C1C(=O)[O-]. The zero-order valence-electron chi connectivity index (χ0n) is 16.0. The van der Waals surface area contributed by atoms with Gasteiger partial charge in [-0.2, -0.15) is 0 Å². The average molecular weight is 339 g/mol. The summed E-state index contributed by atoms with van der Waals surface area (Å²) in [5, 5.41) is 11.5. The first kappa shape index (κ1) is 21.0. The van der Waals surface area contributed by atoms with Gasteiger partial charge in [0.1, 0.15) is 13.1 Å². The lowest BCUT2D eigenvalue weighted by Gasteiger charge is -2.14. The van der Waals surface area contributed by atoms with Crippen LogP contribution < -0.4 is 5.11 Å². The number of carboxylic acid groups (broad SMARTS) is 1. The van der Waals surface area contributed by atoms with E-state index in [9.17, 15) is 9.90 Å². The molecule has 0 N–H and O–H groups in total. The van der Waals surface area contributed by atoms with Gasteiger partial charge in [-0.15, -0.1) is 0 Å². The number of hydrogen-bond acceptors (Lipinski definition) is 3. The third kappa shape index (κ3) is 8.16. The first-order valence-corrected chi connectivity index (χ1v) is 10.3. The number of rotatable bonds is 15. The van der Waals surface area contributed by atoms with Gasteiger partial charge in [-0.25, -0.2) is 0 Å². The number of nitrogens with zero attached hydrogens (tertiary/aromatic N) is 2. The van der Waals surface area contributed by atoms with Crippen molar-refractivity contribution in [1.82, 2.24) is 4.90 Å². The zero-order chi connectivity index (χ0) is 17.6. The molecule has 4 heteroatoms. The summed E-state index contributed by atoms with van der Waals surface area (Å²) in [5.74, 6) is -0.554. The first-order chi connectivity index (χ1) is 11.7. The van der Waals surface area contributed by atoms with Gasteiger partial charge < -0.3 is 9.90 Å². The van der Waals surface area contributed by atoms with Crippen molar-refractivity contribution in [1.29, 1.82) is 0 Å². The van der Waals surface area contributed by atoms with Crippen molar-refractivity contribution in [3.05, 3.63) is 0 Å². The second-order valence-electron chi connectivity index (χ2n) is 7.12. The number of carboxylic acids is 1. The molecule has 0 saturated heterocycles. The predicted molar refractivity (Wildman–Crippen MR) is 98.3 cm³/mol. The second-order valence-corrected chi connectivity index (χ2v) is 7.12. The van der Waals surface area contributed by atoms with Crippen molar-refractivity contribution >= 4 is 11.8 Å². The average Bonchev–Trinajstić information content (AvgIpc) is 2.97. The highest BCUT2D eigenvalue weighted by Crippen LogP contribution is 2.10. The van der Waals surface area contributed by atoms with Crippen molar-refractivity contribution < 1.29 is 14.5 Å². The number of carbonyl (C=O) groups is 1. The topological polar surface area (TPSA) is 46.4 Å². The number of aliphatic carboxylic acids is 1. The summed E-state index contributed by atoms with van der Waals surface area (Å²) in [7, 11) is 0. The Kier molecular flexibility index (Phi) is 11.6. The monoisotopic (exact) mass is 338 g/mol. The fraction of sp³-hybridized carbons (Fsp3) is 0.900. The molecule has 0 aromatic rings. The molecule has 24 heavy (non-hydrogen) atoms. The van der Waals surface area contributed by atoms with Crippen LogP contribution in [0.15, 0.2) is 0 Å². The van der Waals surface area contributed by atoms with E-state index >= 15 is 0 Å². The number of hydrogen-bond donors (Lipinski definition) is 0. The molecule has 0 aromatic heterocycles. The number of amidine groups is 1. The van der Waals surface area contributed by atoms with Crippen LogP contribution in [-0.4, -0.2) is 47.5 Å². The fourth-order valence-electron chi connectivity index (χ4n) is 3.51. The van der Waals surface area contributed by atoms with Gasteiger partial charge in [0.05, 0.1) is 13.1 Å². The largest absolute Gasteiger partial charge is 0.538 e. The lowest BCUT2D eigenvalue weighted by atomic mass is 10.1. The molecule has 1 heterocycles. The molecule has 0 amide bonds. The van der Waals surface area contributed by atoms with E-state index in [1.54, 1.807) is 0 Å². The highest BCUT2D eigenvalue weighted by Gasteiger charge is 2.30. The molecule has 140 valence electrons. The molecule has 0 atom stereocenters. The smallest absolute Gasteiger partial charge is 0.295 e. The quantitative estimate of drug-likeness (QED) is 0.340. The molecule has 4 nitrogen and oxygen atoms in total. The van der Waals surface area contributed by atoms with E-state index in [0.29, 0.717) is 5.84 Å². The highest BCUT2D eigenvalue weighted by atomic mass is 16.4. The minimum Gasteiger partial charge on any atom is -0.538 e. The lowest BCUT2D eigenvalue weighted by Crippen LogP contribution is -2.45. The van der Waals surface area contributed by atoms with Crippen LogP contribution in [0.25, 0.3) is 0 Å². The Balaban J connectivity index is 2.31. The Morgan fingerprint density at radius 1 is 0.917 bits per heavy atom.